The van der Waals surface area contributed by atoms with Gasteiger partial charge in [0.25, 0.3) is 0 Å². The summed E-state index contributed by atoms with van der Waals surface area (Å²) in [4.78, 5) is 10.1. The summed E-state index contributed by atoms with van der Waals surface area (Å²) in [5, 5.41) is 8.30. The number of carbonyl (C=O) groups is 1. The van der Waals surface area contributed by atoms with Gasteiger partial charge in [-0.25, -0.2) is 13.2 Å². The Morgan fingerprint density at radius 2 is 2.13 bits per heavy atom. The predicted molar refractivity (Wildman–Crippen MR) is 53.0 cm³/mol. The molecule has 7 heteroatoms. The highest BCUT2D eigenvalue weighted by atomic mass is 32.2. The van der Waals surface area contributed by atoms with Crippen LogP contribution in [0.1, 0.15) is 12.8 Å². The lowest BCUT2D eigenvalue weighted by molar-refractivity contribution is -0.142. The summed E-state index contributed by atoms with van der Waals surface area (Å²) in [6, 6.07) is 0. The van der Waals surface area contributed by atoms with Crippen molar-refractivity contribution < 1.29 is 23.1 Å². The molecule has 0 aromatic carbocycles. The second kappa shape index (κ2) is 5.43. The van der Waals surface area contributed by atoms with Crippen molar-refractivity contribution in [2.45, 2.75) is 12.8 Å². The maximum Gasteiger partial charge on any atom is 0.329 e. The van der Waals surface area contributed by atoms with Crippen LogP contribution in [-0.2, 0) is 19.6 Å². The average molecular weight is 237 g/mol. The van der Waals surface area contributed by atoms with Crippen LogP contribution < -0.4 is 0 Å². The minimum atomic E-state index is -3.12. The highest BCUT2D eigenvalue weighted by Crippen LogP contribution is 2.12. The fraction of sp³-hybridized carbons (Fsp3) is 0.875. The maximum absolute atomic E-state index is 11.5. The van der Waals surface area contributed by atoms with Crippen molar-refractivity contribution in [2.75, 3.05) is 32.1 Å². The molecule has 0 atom stereocenters. The van der Waals surface area contributed by atoms with Crippen LogP contribution in [0, 0.1) is 0 Å². The molecule has 1 rings (SSSR count). The molecule has 15 heavy (non-hydrogen) atoms. The molecule has 0 bridgehead atoms. The molecule has 0 unspecified atom stereocenters. The summed E-state index contributed by atoms with van der Waals surface area (Å²) >= 11 is 0. The molecule has 1 aliphatic rings. The van der Waals surface area contributed by atoms with Crippen molar-refractivity contribution in [1.82, 2.24) is 4.31 Å². The van der Waals surface area contributed by atoms with E-state index in [4.69, 9.17) is 9.84 Å². The van der Waals surface area contributed by atoms with E-state index >= 15 is 0 Å². The summed E-state index contributed by atoms with van der Waals surface area (Å²) in [6.07, 6.45) is 1.56. The van der Waals surface area contributed by atoms with E-state index in [0.29, 0.717) is 13.0 Å². The number of sulfonamides is 1. The van der Waals surface area contributed by atoms with Crippen LogP contribution in [0.15, 0.2) is 0 Å². The topological polar surface area (TPSA) is 83.9 Å². The van der Waals surface area contributed by atoms with Crippen molar-refractivity contribution in [2.24, 2.45) is 0 Å². The molecular formula is C8H15NO5S. The number of hydrogen-bond acceptors (Lipinski definition) is 4. The lowest BCUT2D eigenvalue weighted by Crippen LogP contribution is -2.40. The van der Waals surface area contributed by atoms with Crippen LogP contribution >= 0.6 is 0 Å². The van der Waals surface area contributed by atoms with Gasteiger partial charge in [0.2, 0.25) is 10.0 Å². The molecule has 6 nitrogen and oxygen atoms in total. The SMILES string of the molecule is O=C(O)COCCN1CCCCS1(=O)=O. The summed E-state index contributed by atoms with van der Waals surface area (Å²) in [5.41, 5.74) is 0. The third-order valence-electron chi connectivity index (χ3n) is 2.16. The number of aliphatic carboxylic acids is 1. The first-order chi connectivity index (χ1) is 7.02. The Bertz CT molecular complexity index is 313. The largest absolute Gasteiger partial charge is 0.480 e. The standard InChI is InChI=1S/C8H15NO5S/c10-8(11)7-14-5-4-9-3-1-2-6-15(9,12)13/h1-7H2,(H,10,11). The highest BCUT2D eigenvalue weighted by molar-refractivity contribution is 7.89. The second-order valence-corrected chi connectivity index (χ2v) is 5.46. The summed E-state index contributed by atoms with van der Waals surface area (Å²) in [7, 11) is -3.12. The molecule has 0 aromatic heterocycles. The van der Waals surface area contributed by atoms with Gasteiger partial charge >= 0.3 is 5.97 Å². The van der Waals surface area contributed by atoms with Crippen LogP contribution in [-0.4, -0.2) is 55.9 Å². The van der Waals surface area contributed by atoms with Gasteiger partial charge in [-0.3, -0.25) is 0 Å². The van der Waals surface area contributed by atoms with Gasteiger partial charge in [0.05, 0.1) is 12.4 Å². The number of rotatable bonds is 5. The molecule has 0 radical (unpaired) electrons. The van der Waals surface area contributed by atoms with E-state index in [1.54, 1.807) is 0 Å². The predicted octanol–water partition coefficient (Wildman–Crippen LogP) is -0.487. The number of carboxylic acids is 1. The molecule has 0 aliphatic carbocycles. The highest BCUT2D eigenvalue weighted by Gasteiger charge is 2.24. The van der Waals surface area contributed by atoms with E-state index in [2.05, 4.69) is 0 Å². The molecule has 1 heterocycles. The number of nitrogens with zero attached hydrogens (tertiary/aromatic N) is 1. The third-order valence-corrected chi connectivity index (χ3v) is 4.12. The molecule has 1 aliphatic heterocycles. The molecule has 0 spiro atoms. The molecule has 1 saturated heterocycles. The van der Waals surface area contributed by atoms with Crippen molar-refractivity contribution >= 4 is 16.0 Å². The van der Waals surface area contributed by atoms with Gasteiger partial charge in [-0.05, 0) is 12.8 Å². The van der Waals surface area contributed by atoms with E-state index in [1.807, 2.05) is 0 Å². The van der Waals surface area contributed by atoms with E-state index in [1.165, 1.54) is 4.31 Å². The van der Waals surface area contributed by atoms with Crippen molar-refractivity contribution in [3.05, 3.63) is 0 Å². The van der Waals surface area contributed by atoms with Gasteiger partial charge in [-0.1, -0.05) is 0 Å². The molecule has 1 fully saturated rings. The molecule has 0 amide bonds. The van der Waals surface area contributed by atoms with Crippen LogP contribution in [0.2, 0.25) is 0 Å². The monoisotopic (exact) mass is 237 g/mol. The summed E-state index contributed by atoms with van der Waals surface area (Å²) < 4.78 is 29.1. The fourth-order valence-corrected chi connectivity index (χ4v) is 3.00. The third kappa shape index (κ3) is 4.15. The van der Waals surface area contributed by atoms with Gasteiger partial charge < -0.3 is 9.84 Å². The zero-order valence-corrected chi connectivity index (χ0v) is 9.20. The zero-order chi connectivity index (χ0) is 11.3. The fourth-order valence-electron chi connectivity index (χ4n) is 1.42. The smallest absolute Gasteiger partial charge is 0.329 e. The number of ether oxygens (including phenoxy) is 1. The van der Waals surface area contributed by atoms with Gasteiger partial charge in [-0.15, -0.1) is 0 Å². The van der Waals surface area contributed by atoms with Crippen LogP contribution in [0.5, 0.6) is 0 Å². The van der Waals surface area contributed by atoms with Gasteiger partial charge in [0.15, 0.2) is 0 Å². The Labute approximate surface area is 88.9 Å². The number of hydrogen-bond donors (Lipinski definition) is 1. The van der Waals surface area contributed by atoms with Crippen LogP contribution in [0.4, 0.5) is 0 Å². The van der Waals surface area contributed by atoms with E-state index < -0.39 is 16.0 Å². The van der Waals surface area contributed by atoms with Gasteiger partial charge in [0, 0.05) is 13.1 Å². The quantitative estimate of drug-likeness (QED) is 0.652. The van der Waals surface area contributed by atoms with Crippen molar-refractivity contribution in [1.29, 1.82) is 0 Å². The van der Waals surface area contributed by atoms with Gasteiger partial charge in [0.1, 0.15) is 6.61 Å². The minimum absolute atomic E-state index is 0.130. The zero-order valence-electron chi connectivity index (χ0n) is 8.39. The number of carboxylic acid groups (broad SMARTS) is 1. The second-order valence-electron chi connectivity index (χ2n) is 3.37. The van der Waals surface area contributed by atoms with E-state index in [-0.39, 0.29) is 25.5 Å². The van der Waals surface area contributed by atoms with Gasteiger partial charge in [-0.2, -0.15) is 4.31 Å². The lowest BCUT2D eigenvalue weighted by atomic mass is 10.3. The Balaban J connectivity index is 2.28. The maximum atomic E-state index is 11.5. The van der Waals surface area contributed by atoms with Crippen LogP contribution in [0.25, 0.3) is 0 Å². The summed E-state index contributed by atoms with van der Waals surface area (Å²) in [6.45, 7) is 0.508. The molecular weight excluding hydrogens is 222 g/mol. The van der Waals surface area contributed by atoms with Crippen molar-refractivity contribution in [3.63, 3.8) is 0 Å². The lowest BCUT2D eigenvalue weighted by Gasteiger charge is -2.25. The van der Waals surface area contributed by atoms with E-state index in [0.717, 1.165) is 6.42 Å². The normalized spacial score (nSPS) is 21.3. The first-order valence-corrected chi connectivity index (χ1v) is 6.40. The first kappa shape index (κ1) is 12.4. The average Bonchev–Trinajstić information content (AvgIpc) is 2.13. The molecule has 1 N–H and O–H groups in total. The minimum Gasteiger partial charge on any atom is -0.480 e. The Kier molecular flexibility index (Phi) is 4.49. The summed E-state index contributed by atoms with van der Waals surface area (Å²) in [5.74, 6) is -0.858. The Morgan fingerprint density at radius 3 is 2.73 bits per heavy atom. The molecule has 0 saturated carbocycles. The molecule has 88 valence electrons. The first-order valence-electron chi connectivity index (χ1n) is 4.80. The van der Waals surface area contributed by atoms with E-state index in [9.17, 15) is 13.2 Å². The van der Waals surface area contributed by atoms with Crippen LogP contribution in [0.3, 0.4) is 0 Å². The Hall–Kier alpha value is -0.660. The van der Waals surface area contributed by atoms with Crippen molar-refractivity contribution in [3.8, 4) is 0 Å². The Morgan fingerprint density at radius 1 is 1.40 bits per heavy atom. The molecule has 0 aromatic rings.